The summed E-state index contributed by atoms with van der Waals surface area (Å²) < 4.78 is 40.6. The fourth-order valence-electron chi connectivity index (χ4n) is 4.39. The second kappa shape index (κ2) is 7.75. The van der Waals surface area contributed by atoms with Crippen LogP contribution in [-0.2, 0) is 6.18 Å². The molecule has 2 N–H and O–H groups in total. The Morgan fingerprint density at radius 1 is 1.00 bits per heavy atom. The van der Waals surface area contributed by atoms with Crippen molar-refractivity contribution in [2.75, 3.05) is 26.2 Å². The number of aromatic amines is 1. The zero-order valence-electron chi connectivity index (χ0n) is 15.6. The topological polar surface area (TPSA) is 53.1 Å². The van der Waals surface area contributed by atoms with Gasteiger partial charge >= 0.3 is 11.9 Å². The minimum Gasteiger partial charge on any atom is -0.317 e. The van der Waals surface area contributed by atoms with Gasteiger partial charge < -0.3 is 15.2 Å². The van der Waals surface area contributed by atoms with E-state index in [1.165, 1.54) is 6.07 Å². The van der Waals surface area contributed by atoms with Gasteiger partial charge in [0.15, 0.2) is 0 Å². The van der Waals surface area contributed by atoms with Gasteiger partial charge in [-0.15, -0.1) is 0 Å². The van der Waals surface area contributed by atoms with Gasteiger partial charge in [0.25, 0.3) is 0 Å². The van der Waals surface area contributed by atoms with E-state index in [9.17, 15) is 18.0 Å². The Morgan fingerprint density at radius 3 is 2.39 bits per heavy atom. The van der Waals surface area contributed by atoms with Gasteiger partial charge in [-0.2, -0.15) is 13.2 Å². The van der Waals surface area contributed by atoms with Crippen molar-refractivity contribution in [3.05, 3.63) is 46.5 Å². The standard InChI is InChI=1S/C20H25F3N4O/c21-20(22,23)15-3-1-2-14(12-15)18-13-27(19(28)25-18)17-6-10-26(11-7-17)16-4-8-24-9-5-16/h1-3,12-13,16-17,24H,4-11H2,(H,25,28). The normalized spacial score (nSPS) is 20.5. The Kier molecular flexibility index (Phi) is 5.33. The summed E-state index contributed by atoms with van der Waals surface area (Å²) in [5.74, 6) is 0. The molecular weight excluding hydrogens is 369 g/mol. The first-order valence-corrected chi connectivity index (χ1v) is 9.85. The van der Waals surface area contributed by atoms with Gasteiger partial charge in [0.05, 0.1) is 11.3 Å². The van der Waals surface area contributed by atoms with E-state index in [1.54, 1.807) is 16.8 Å². The molecule has 0 radical (unpaired) electrons. The van der Waals surface area contributed by atoms with Crippen LogP contribution in [0.2, 0.25) is 0 Å². The maximum absolute atomic E-state index is 13.0. The van der Waals surface area contributed by atoms with Crippen molar-refractivity contribution in [3.63, 3.8) is 0 Å². The Hall–Kier alpha value is -2.06. The van der Waals surface area contributed by atoms with Crippen LogP contribution in [0, 0.1) is 0 Å². The Labute approximate surface area is 161 Å². The first-order valence-electron chi connectivity index (χ1n) is 9.85. The minimum absolute atomic E-state index is 0.0845. The summed E-state index contributed by atoms with van der Waals surface area (Å²) in [5, 5.41) is 3.38. The monoisotopic (exact) mass is 394 g/mol. The third kappa shape index (κ3) is 4.03. The number of hydrogen-bond donors (Lipinski definition) is 2. The number of nitrogens with zero attached hydrogens (tertiary/aromatic N) is 2. The number of aromatic nitrogens is 2. The van der Waals surface area contributed by atoms with Gasteiger partial charge in [-0.1, -0.05) is 12.1 Å². The van der Waals surface area contributed by atoms with Crippen molar-refractivity contribution in [3.8, 4) is 11.3 Å². The highest BCUT2D eigenvalue weighted by Gasteiger charge is 2.31. The molecule has 1 aromatic carbocycles. The Bertz CT molecular complexity index is 859. The maximum atomic E-state index is 13.0. The van der Waals surface area contributed by atoms with Gasteiger partial charge in [-0.25, -0.2) is 4.79 Å². The lowest BCUT2D eigenvalue weighted by Crippen LogP contribution is -2.47. The van der Waals surface area contributed by atoms with E-state index in [0.717, 1.165) is 64.0 Å². The smallest absolute Gasteiger partial charge is 0.317 e. The molecular formula is C20H25F3N4O. The molecule has 0 aliphatic carbocycles. The molecule has 0 saturated carbocycles. The number of halogens is 3. The summed E-state index contributed by atoms with van der Waals surface area (Å²) in [4.78, 5) is 17.7. The van der Waals surface area contributed by atoms with E-state index >= 15 is 0 Å². The molecule has 28 heavy (non-hydrogen) atoms. The molecule has 5 nitrogen and oxygen atoms in total. The van der Waals surface area contributed by atoms with Gasteiger partial charge in [-0.3, -0.25) is 4.57 Å². The molecule has 2 saturated heterocycles. The number of H-pyrrole nitrogens is 1. The van der Waals surface area contributed by atoms with E-state index in [1.807, 2.05) is 0 Å². The summed E-state index contributed by atoms with van der Waals surface area (Å²) in [6, 6.07) is 5.77. The molecule has 0 amide bonds. The summed E-state index contributed by atoms with van der Waals surface area (Å²) in [6.45, 7) is 4.02. The van der Waals surface area contributed by atoms with Crippen LogP contribution in [0.25, 0.3) is 11.3 Å². The molecule has 2 aliphatic heterocycles. The molecule has 4 rings (SSSR count). The highest BCUT2D eigenvalue weighted by Crippen LogP contribution is 2.32. The lowest BCUT2D eigenvalue weighted by Gasteiger charge is -2.39. The van der Waals surface area contributed by atoms with E-state index in [0.29, 0.717) is 17.3 Å². The predicted molar refractivity (Wildman–Crippen MR) is 101 cm³/mol. The SMILES string of the molecule is O=c1[nH]c(-c2cccc(C(F)(F)F)c2)cn1C1CCN(C2CCNCC2)CC1. The number of benzene rings is 1. The van der Waals surface area contributed by atoms with E-state index in [-0.39, 0.29) is 11.7 Å². The molecule has 0 bridgehead atoms. The summed E-state index contributed by atoms with van der Waals surface area (Å²) in [7, 11) is 0. The van der Waals surface area contributed by atoms with Crippen LogP contribution in [0.1, 0.15) is 37.3 Å². The summed E-state index contributed by atoms with van der Waals surface area (Å²) in [6.07, 6.45) is 1.35. The van der Waals surface area contributed by atoms with Gasteiger partial charge in [0.2, 0.25) is 0 Å². The van der Waals surface area contributed by atoms with Crippen LogP contribution in [0.5, 0.6) is 0 Å². The zero-order chi connectivity index (χ0) is 19.7. The fraction of sp³-hybridized carbons (Fsp3) is 0.550. The molecule has 2 aliphatic rings. The quantitative estimate of drug-likeness (QED) is 0.840. The van der Waals surface area contributed by atoms with Crippen molar-refractivity contribution < 1.29 is 13.2 Å². The molecule has 152 valence electrons. The number of imidazole rings is 1. The summed E-state index contributed by atoms with van der Waals surface area (Å²) in [5.41, 5.74) is -0.170. The number of alkyl halides is 3. The summed E-state index contributed by atoms with van der Waals surface area (Å²) >= 11 is 0. The van der Waals surface area contributed by atoms with Crippen LogP contribution in [0.3, 0.4) is 0 Å². The molecule has 3 heterocycles. The van der Waals surface area contributed by atoms with Crippen LogP contribution >= 0.6 is 0 Å². The average Bonchev–Trinajstić information content (AvgIpc) is 3.10. The molecule has 0 atom stereocenters. The highest BCUT2D eigenvalue weighted by molar-refractivity contribution is 5.59. The second-order valence-corrected chi connectivity index (χ2v) is 7.71. The zero-order valence-corrected chi connectivity index (χ0v) is 15.6. The first kappa shape index (κ1) is 19.3. The first-order chi connectivity index (χ1) is 13.4. The largest absolute Gasteiger partial charge is 0.416 e. The van der Waals surface area contributed by atoms with Crippen molar-refractivity contribution in [1.82, 2.24) is 19.8 Å². The second-order valence-electron chi connectivity index (χ2n) is 7.71. The molecule has 1 aromatic heterocycles. The van der Waals surface area contributed by atoms with Crippen molar-refractivity contribution in [2.24, 2.45) is 0 Å². The number of likely N-dealkylation sites (tertiary alicyclic amines) is 1. The van der Waals surface area contributed by atoms with Crippen LogP contribution in [0.4, 0.5) is 13.2 Å². The van der Waals surface area contributed by atoms with Crippen molar-refractivity contribution >= 4 is 0 Å². The molecule has 0 spiro atoms. The third-order valence-electron chi connectivity index (χ3n) is 5.96. The van der Waals surface area contributed by atoms with Crippen molar-refractivity contribution in [1.29, 1.82) is 0 Å². The number of piperidine rings is 2. The van der Waals surface area contributed by atoms with Crippen LogP contribution < -0.4 is 11.0 Å². The van der Waals surface area contributed by atoms with E-state index in [4.69, 9.17) is 0 Å². The molecule has 0 unspecified atom stereocenters. The molecule has 2 fully saturated rings. The lowest BCUT2D eigenvalue weighted by atomic mass is 9.98. The average molecular weight is 394 g/mol. The lowest BCUT2D eigenvalue weighted by molar-refractivity contribution is -0.137. The molecule has 2 aromatic rings. The maximum Gasteiger partial charge on any atom is 0.416 e. The van der Waals surface area contributed by atoms with Gasteiger partial charge in [0.1, 0.15) is 0 Å². The third-order valence-corrected chi connectivity index (χ3v) is 5.96. The van der Waals surface area contributed by atoms with Gasteiger partial charge in [-0.05, 0) is 50.9 Å². The highest BCUT2D eigenvalue weighted by atomic mass is 19.4. The number of rotatable bonds is 3. The Morgan fingerprint density at radius 2 is 1.71 bits per heavy atom. The van der Waals surface area contributed by atoms with Crippen molar-refractivity contribution in [2.45, 2.75) is 43.9 Å². The number of hydrogen-bond acceptors (Lipinski definition) is 3. The molecule has 8 heteroatoms. The minimum atomic E-state index is -4.40. The Balaban J connectivity index is 1.48. The van der Waals surface area contributed by atoms with Crippen LogP contribution in [-0.4, -0.2) is 46.7 Å². The van der Waals surface area contributed by atoms with E-state index in [2.05, 4.69) is 15.2 Å². The number of nitrogens with one attached hydrogen (secondary N) is 2. The van der Waals surface area contributed by atoms with Gasteiger partial charge in [0, 0.05) is 36.9 Å². The fourth-order valence-corrected chi connectivity index (χ4v) is 4.39. The van der Waals surface area contributed by atoms with Crippen LogP contribution in [0.15, 0.2) is 35.3 Å². The predicted octanol–water partition coefficient (Wildman–Crippen LogP) is 3.25. The van der Waals surface area contributed by atoms with E-state index < -0.39 is 11.7 Å².